The first kappa shape index (κ1) is 20.3. The van der Waals surface area contributed by atoms with Crippen molar-refractivity contribution in [2.24, 2.45) is 0 Å². The van der Waals surface area contributed by atoms with E-state index < -0.39 is 5.82 Å². The van der Waals surface area contributed by atoms with Gasteiger partial charge in [-0.05, 0) is 37.4 Å². The van der Waals surface area contributed by atoms with Crippen molar-refractivity contribution in [2.45, 2.75) is 50.0 Å². The average Bonchev–Trinajstić information content (AvgIpc) is 3.12. The number of halogens is 2. The van der Waals surface area contributed by atoms with E-state index in [0.29, 0.717) is 10.0 Å². The minimum absolute atomic E-state index is 0.116. The first-order valence-electron chi connectivity index (χ1n) is 8.34. The summed E-state index contributed by atoms with van der Waals surface area (Å²) in [4.78, 5) is 4.29. The lowest BCUT2D eigenvalue weighted by Crippen LogP contribution is -2.30. The summed E-state index contributed by atoms with van der Waals surface area (Å²) in [6.07, 6.45) is 8.81. The fraction of sp³-hybridized carbons (Fsp3) is 0.471. The summed E-state index contributed by atoms with van der Waals surface area (Å²) < 4.78 is 16.2. The Morgan fingerprint density at radius 2 is 2.12 bits per heavy atom. The molecule has 138 valence electrons. The van der Waals surface area contributed by atoms with Crippen LogP contribution in [0.2, 0.25) is 5.02 Å². The third-order valence-corrected chi connectivity index (χ3v) is 5.73. The van der Waals surface area contributed by atoms with Crippen LogP contribution >= 0.6 is 34.9 Å². The summed E-state index contributed by atoms with van der Waals surface area (Å²) in [5, 5.41) is 15.2. The molecular formula is C17H23ClFN3OS2. The van der Waals surface area contributed by atoms with E-state index in [4.69, 9.17) is 16.7 Å². The molecule has 0 spiro atoms. The Morgan fingerprint density at radius 1 is 1.36 bits per heavy atom. The molecule has 0 bridgehead atoms. The highest BCUT2D eigenvalue weighted by Gasteiger charge is 2.10. The highest BCUT2D eigenvalue weighted by molar-refractivity contribution is 8.00. The minimum Gasteiger partial charge on any atom is -0.506 e. The monoisotopic (exact) mass is 403 g/mol. The molecule has 0 atom stereocenters. The van der Waals surface area contributed by atoms with Crippen molar-refractivity contribution in [1.29, 1.82) is 0 Å². The summed E-state index contributed by atoms with van der Waals surface area (Å²) in [6, 6.07) is 3.19. The maximum absolute atomic E-state index is 13.4. The predicted octanol–water partition coefficient (Wildman–Crippen LogP) is 5.69. The van der Waals surface area contributed by atoms with Gasteiger partial charge in [0.05, 0.1) is 9.92 Å². The number of benzene rings is 1. The van der Waals surface area contributed by atoms with Gasteiger partial charge in [0, 0.05) is 23.7 Å². The number of phenols is 1. The third-order valence-electron chi connectivity index (χ3n) is 3.78. The van der Waals surface area contributed by atoms with Crippen LogP contribution in [-0.2, 0) is 0 Å². The van der Waals surface area contributed by atoms with E-state index in [1.807, 2.05) is 5.38 Å². The number of nitrogens with zero attached hydrogens (tertiary/aromatic N) is 1. The van der Waals surface area contributed by atoms with Crippen molar-refractivity contribution < 1.29 is 9.50 Å². The largest absolute Gasteiger partial charge is 0.506 e. The van der Waals surface area contributed by atoms with E-state index in [-0.39, 0.29) is 10.8 Å². The highest BCUT2D eigenvalue weighted by Crippen LogP contribution is 2.32. The molecule has 1 aromatic heterocycles. The van der Waals surface area contributed by atoms with Crippen LogP contribution < -0.4 is 10.0 Å². The van der Waals surface area contributed by atoms with Gasteiger partial charge in [-0.3, -0.25) is 0 Å². The molecule has 8 heteroatoms. The van der Waals surface area contributed by atoms with Gasteiger partial charge >= 0.3 is 0 Å². The number of phenolic OH excluding ortho intramolecular Hbond substituents is 1. The van der Waals surface area contributed by atoms with E-state index in [0.717, 1.165) is 30.6 Å². The Bertz CT molecular complexity index is 634. The van der Waals surface area contributed by atoms with Gasteiger partial charge in [0.1, 0.15) is 11.6 Å². The van der Waals surface area contributed by atoms with Crippen molar-refractivity contribution in [2.75, 3.05) is 11.3 Å². The molecule has 3 rings (SSSR count). The van der Waals surface area contributed by atoms with Gasteiger partial charge in [0.2, 0.25) is 0 Å². The predicted molar refractivity (Wildman–Crippen MR) is 105 cm³/mol. The molecule has 1 saturated carbocycles. The second-order valence-corrected chi connectivity index (χ2v) is 7.82. The maximum atomic E-state index is 13.4. The number of hydrogen-bond acceptors (Lipinski definition) is 6. The Hall–Kier alpha value is -1.02. The zero-order valence-electron chi connectivity index (χ0n) is 14.1. The molecule has 1 aliphatic carbocycles. The molecule has 25 heavy (non-hydrogen) atoms. The second-order valence-electron chi connectivity index (χ2n) is 5.67. The molecule has 0 unspecified atom stereocenters. The third kappa shape index (κ3) is 7.01. The van der Waals surface area contributed by atoms with Crippen LogP contribution in [0.15, 0.2) is 28.6 Å². The number of anilines is 1. The van der Waals surface area contributed by atoms with Crippen LogP contribution in [0.1, 0.15) is 39.0 Å². The van der Waals surface area contributed by atoms with Crippen molar-refractivity contribution >= 4 is 40.0 Å². The van der Waals surface area contributed by atoms with Crippen LogP contribution in [0.25, 0.3) is 0 Å². The zero-order chi connectivity index (χ0) is 18.1. The number of rotatable bonds is 5. The molecule has 1 fully saturated rings. The van der Waals surface area contributed by atoms with Crippen molar-refractivity contribution in [1.82, 2.24) is 10.3 Å². The van der Waals surface area contributed by atoms with Crippen LogP contribution in [0, 0.1) is 5.82 Å². The second kappa shape index (κ2) is 10.9. The lowest BCUT2D eigenvalue weighted by atomic mass is 9.96. The summed E-state index contributed by atoms with van der Waals surface area (Å²) >= 11 is 8.14. The van der Waals surface area contributed by atoms with Crippen molar-refractivity contribution in [3.63, 3.8) is 0 Å². The molecule has 4 nitrogen and oxygen atoms in total. The van der Waals surface area contributed by atoms with Crippen LogP contribution in [-0.4, -0.2) is 22.7 Å². The topological polar surface area (TPSA) is 57.2 Å². The zero-order valence-corrected chi connectivity index (χ0v) is 16.5. The quantitative estimate of drug-likeness (QED) is 0.560. The Balaban J connectivity index is 0.000000212. The Morgan fingerprint density at radius 3 is 2.76 bits per heavy atom. The smallest absolute Gasteiger partial charge is 0.192 e. The molecule has 2 aromatic rings. The lowest BCUT2D eigenvalue weighted by molar-refractivity contribution is 0.380. The molecule has 1 aromatic carbocycles. The van der Waals surface area contributed by atoms with Crippen molar-refractivity contribution in [3.8, 4) is 5.75 Å². The van der Waals surface area contributed by atoms with Gasteiger partial charge in [0.25, 0.3) is 0 Å². The van der Waals surface area contributed by atoms with Gasteiger partial charge in [-0.2, -0.15) is 0 Å². The number of thiazole rings is 1. The molecular weight excluding hydrogens is 381 g/mol. The van der Waals surface area contributed by atoms with Crippen LogP contribution in [0.3, 0.4) is 0 Å². The molecule has 0 aliphatic heterocycles. The van der Waals surface area contributed by atoms with Gasteiger partial charge in [-0.1, -0.05) is 37.8 Å². The lowest BCUT2D eigenvalue weighted by Gasteiger charge is -2.21. The van der Waals surface area contributed by atoms with E-state index in [1.165, 1.54) is 49.5 Å². The average molecular weight is 404 g/mol. The minimum atomic E-state index is -0.532. The Kier molecular flexibility index (Phi) is 8.81. The van der Waals surface area contributed by atoms with Gasteiger partial charge in [-0.15, -0.1) is 11.3 Å². The van der Waals surface area contributed by atoms with Crippen LogP contribution in [0.4, 0.5) is 9.52 Å². The number of hydrogen-bond donors (Lipinski definition) is 3. The number of aromatic hydroxyl groups is 1. The fourth-order valence-corrected chi connectivity index (χ4v) is 4.07. The number of nitrogens with one attached hydrogen (secondary N) is 2. The number of aromatic nitrogens is 1. The van der Waals surface area contributed by atoms with Crippen molar-refractivity contribution in [3.05, 3.63) is 34.5 Å². The van der Waals surface area contributed by atoms with E-state index in [1.54, 1.807) is 6.20 Å². The summed E-state index contributed by atoms with van der Waals surface area (Å²) in [6.45, 7) is 3.33. The first-order valence-corrected chi connectivity index (χ1v) is 10.4. The van der Waals surface area contributed by atoms with Gasteiger partial charge in [-0.25, -0.2) is 9.37 Å². The maximum Gasteiger partial charge on any atom is 0.192 e. The molecule has 1 heterocycles. The summed E-state index contributed by atoms with van der Waals surface area (Å²) in [5.41, 5.74) is 0. The van der Waals surface area contributed by atoms with E-state index in [9.17, 15) is 4.39 Å². The summed E-state index contributed by atoms with van der Waals surface area (Å²) in [7, 11) is 0. The van der Waals surface area contributed by atoms with Gasteiger partial charge < -0.3 is 15.1 Å². The molecule has 1 aliphatic rings. The van der Waals surface area contributed by atoms with E-state index in [2.05, 4.69) is 21.9 Å². The van der Waals surface area contributed by atoms with Gasteiger partial charge in [0.15, 0.2) is 5.13 Å². The Labute approximate surface area is 161 Å². The molecule has 0 radical (unpaired) electrons. The van der Waals surface area contributed by atoms with E-state index >= 15 is 0 Å². The SMILES string of the molecule is CCNC1CCCCC1.Oc1cc(F)c(SNc2nccs2)cc1Cl. The highest BCUT2D eigenvalue weighted by atomic mass is 35.5. The fourth-order valence-electron chi connectivity index (χ4n) is 2.56. The normalized spacial score (nSPS) is 14.7. The standard InChI is InChI=1S/C9H6ClFN2OS2.C8H17N/c10-5-3-8(6(11)4-7(5)14)16-13-9-12-1-2-15-9;1-2-9-8-6-4-3-5-7-8/h1-4,14H,(H,12,13);8-9H,2-7H2,1H3. The molecule has 0 amide bonds. The van der Waals surface area contributed by atoms with Crippen LogP contribution in [0.5, 0.6) is 5.75 Å². The summed E-state index contributed by atoms with van der Waals surface area (Å²) in [5.74, 6) is -0.797. The first-order chi connectivity index (χ1) is 12.1. The molecule has 0 saturated heterocycles. The molecule has 3 N–H and O–H groups in total.